The van der Waals surface area contributed by atoms with E-state index in [0.717, 1.165) is 5.56 Å². The maximum atomic E-state index is 6.08. The van der Waals surface area contributed by atoms with Gasteiger partial charge >= 0.3 is 0 Å². The molecule has 0 saturated carbocycles. The Labute approximate surface area is 94.1 Å². The van der Waals surface area contributed by atoms with E-state index >= 15 is 0 Å². The monoisotopic (exact) mass is 227 g/mol. The Balaban J connectivity index is 2.45. The van der Waals surface area contributed by atoms with Gasteiger partial charge in [-0.05, 0) is 18.6 Å². The van der Waals surface area contributed by atoms with Crippen LogP contribution in [-0.4, -0.2) is 5.79 Å². The molecule has 0 fully saturated rings. The number of hydrogen-bond acceptors (Lipinski definition) is 3. The minimum atomic E-state index is -0.623. The van der Waals surface area contributed by atoms with Crippen molar-refractivity contribution in [2.24, 2.45) is 5.73 Å². The first-order valence-electron chi connectivity index (χ1n) is 4.86. The van der Waals surface area contributed by atoms with Crippen molar-refractivity contribution in [3.05, 3.63) is 22.7 Å². The molecule has 2 rings (SSSR count). The number of nitrogens with two attached hydrogens (primary N) is 1. The number of rotatable bonds is 1. The van der Waals surface area contributed by atoms with E-state index in [1.807, 2.05) is 26.8 Å². The lowest BCUT2D eigenvalue weighted by molar-refractivity contribution is -0.0431. The predicted octanol–water partition coefficient (Wildman–Crippen LogP) is 2.87. The molecule has 15 heavy (non-hydrogen) atoms. The van der Waals surface area contributed by atoms with Gasteiger partial charge in [-0.2, -0.15) is 0 Å². The Morgan fingerprint density at radius 2 is 1.80 bits per heavy atom. The van der Waals surface area contributed by atoms with Gasteiger partial charge in [-0.3, -0.25) is 0 Å². The Morgan fingerprint density at radius 3 is 2.33 bits per heavy atom. The Hall–Kier alpha value is -0.930. The molecular formula is C11H14ClNO2. The average Bonchev–Trinajstić information content (AvgIpc) is 2.36. The number of benzene rings is 1. The molecule has 0 bridgehead atoms. The van der Waals surface area contributed by atoms with Crippen LogP contribution in [0.1, 0.15) is 32.4 Å². The van der Waals surface area contributed by atoms with E-state index in [0.29, 0.717) is 16.5 Å². The summed E-state index contributed by atoms with van der Waals surface area (Å²) in [5.41, 5.74) is 6.67. The zero-order valence-corrected chi connectivity index (χ0v) is 9.76. The summed E-state index contributed by atoms with van der Waals surface area (Å²) in [6.45, 7) is 5.59. The SMILES string of the molecule is CC(N)c1cc2c(cc1Cl)OC(C)(C)O2. The third-order valence-corrected chi connectivity index (χ3v) is 2.59. The van der Waals surface area contributed by atoms with Crippen LogP contribution < -0.4 is 15.2 Å². The summed E-state index contributed by atoms with van der Waals surface area (Å²) >= 11 is 6.08. The summed E-state index contributed by atoms with van der Waals surface area (Å²) in [6, 6.07) is 3.48. The summed E-state index contributed by atoms with van der Waals surface area (Å²) < 4.78 is 11.2. The number of ether oxygens (including phenoxy) is 2. The third-order valence-electron chi connectivity index (χ3n) is 2.27. The fraction of sp³-hybridized carbons (Fsp3) is 0.455. The normalized spacial score (nSPS) is 19.0. The lowest BCUT2D eigenvalue weighted by Crippen LogP contribution is -2.29. The lowest BCUT2D eigenvalue weighted by Gasteiger charge is -2.16. The van der Waals surface area contributed by atoms with Crippen molar-refractivity contribution in [3.63, 3.8) is 0 Å². The Kier molecular flexibility index (Phi) is 2.32. The van der Waals surface area contributed by atoms with Gasteiger partial charge in [-0.1, -0.05) is 11.6 Å². The maximum Gasteiger partial charge on any atom is 0.246 e. The molecule has 1 unspecified atom stereocenters. The molecule has 1 atom stereocenters. The van der Waals surface area contributed by atoms with Gasteiger partial charge in [-0.25, -0.2) is 0 Å². The molecule has 1 aliphatic heterocycles. The van der Waals surface area contributed by atoms with Gasteiger partial charge in [0, 0.05) is 31.0 Å². The summed E-state index contributed by atoms with van der Waals surface area (Å²) in [4.78, 5) is 0. The van der Waals surface area contributed by atoms with E-state index in [1.165, 1.54) is 0 Å². The van der Waals surface area contributed by atoms with Crippen molar-refractivity contribution in [2.45, 2.75) is 32.6 Å². The number of hydrogen-bond donors (Lipinski definition) is 1. The van der Waals surface area contributed by atoms with Gasteiger partial charge in [0.2, 0.25) is 5.79 Å². The molecule has 0 aromatic heterocycles. The van der Waals surface area contributed by atoms with Gasteiger partial charge < -0.3 is 15.2 Å². The summed E-state index contributed by atoms with van der Waals surface area (Å²) in [5, 5.41) is 0.616. The fourth-order valence-corrected chi connectivity index (χ4v) is 1.94. The topological polar surface area (TPSA) is 44.5 Å². The molecule has 0 spiro atoms. The van der Waals surface area contributed by atoms with Crippen molar-refractivity contribution >= 4 is 11.6 Å². The van der Waals surface area contributed by atoms with Crippen LogP contribution in [0.5, 0.6) is 11.5 Å². The molecule has 0 amide bonds. The quantitative estimate of drug-likeness (QED) is 0.803. The van der Waals surface area contributed by atoms with Gasteiger partial charge in [-0.15, -0.1) is 0 Å². The Morgan fingerprint density at radius 1 is 1.27 bits per heavy atom. The summed E-state index contributed by atoms with van der Waals surface area (Å²) in [7, 11) is 0. The van der Waals surface area contributed by atoms with Crippen LogP contribution >= 0.6 is 11.6 Å². The molecule has 82 valence electrons. The van der Waals surface area contributed by atoms with Crippen LogP contribution in [0.25, 0.3) is 0 Å². The summed E-state index contributed by atoms with van der Waals surface area (Å²) in [5.74, 6) is 0.758. The van der Waals surface area contributed by atoms with Crippen molar-refractivity contribution in [2.75, 3.05) is 0 Å². The number of fused-ring (bicyclic) bond motifs is 1. The van der Waals surface area contributed by atoms with Gasteiger partial charge in [0.25, 0.3) is 0 Å². The van der Waals surface area contributed by atoms with E-state index in [9.17, 15) is 0 Å². The van der Waals surface area contributed by atoms with Crippen molar-refractivity contribution in [3.8, 4) is 11.5 Å². The second-order valence-electron chi connectivity index (χ2n) is 4.21. The first kappa shape index (κ1) is 10.6. The van der Waals surface area contributed by atoms with E-state index in [1.54, 1.807) is 6.07 Å². The minimum absolute atomic E-state index is 0.116. The van der Waals surface area contributed by atoms with Crippen LogP contribution in [0.4, 0.5) is 0 Å². The lowest BCUT2D eigenvalue weighted by atomic mass is 10.1. The molecule has 1 aliphatic rings. The van der Waals surface area contributed by atoms with Crippen LogP contribution in [-0.2, 0) is 0 Å². The first-order valence-corrected chi connectivity index (χ1v) is 5.24. The van der Waals surface area contributed by atoms with Crippen molar-refractivity contribution in [1.82, 2.24) is 0 Å². The second-order valence-corrected chi connectivity index (χ2v) is 4.62. The van der Waals surface area contributed by atoms with Crippen LogP contribution in [0.2, 0.25) is 5.02 Å². The van der Waals surface area contributed by atoms with E-state index in [4.69, 9.17) is 26.8 Å². The highest BCUT2D eigenvalue weighted by molar-refractivity contribution is 6.31. The molecule has 0 saturated heterocycles. The van der Waals surface area contributed by atoms with E-state index in [-0.39, 0.29) is 6.04 Å². The molecule has 0 radical (unpaired) electrons. The standard InChI is InChI=1S/C11H14ClNO2/c1-6(13)7-4-9-10(5-8(7)12)15-11(2,3)14-9/h4-6H,13H2,1-3H3. The zero-order chi connectivity index (χ0) is 11.2. The molecule has 4 heteroatoms. The highest BCUT2D eigenvalue weighted by Crippen LogP contribution is 2.43. The first-order chi connectivity index (χ1) is 6.89. The number of halogens is 1. The van der Waals surface area contributed by atoms with E-state index < -0.39 is 5.79 Å². The van der Waals surface area contributed by atoms with Crippen molar-refractivity contribution < 1.29 is 9.47 Å². The molecular weight excluding hydrogens is 214 g/mol. The fourth-order valence-electron chi connectivity index (χ4n) is 1.61. The zero-order valence-electron chi connectivity index (χ0n) is 9.00. The molecule has 0 aliphatic carbocycles. The Bertz CT molecular complexity index is 402. The minimum Gasteiger partial charge on any atom is -0.449 e. The molecule has 3 nitrogen and oxygen atoms in total. The summed E-state index contributed by atoms with van der Waals surface area (Å²) in [6.07, 6.45) is 0. The maximum absolute atomic E-state index is 6.08. The molecule has 1 aromatic carbocycles. The van der Waals surface area contributed by atoms with Crippen LogP contribution in [0, 0.1) is 0 Å². The van der Waals surface area contributed by atoms with E-state index in [2.05, 4.69) is 0 Å². The highest BCUT2D eigenvalue weighted by Gasteiger charge is 2.32. The molecule has 2 N–H and O–H groups in total. The van der Waals surface area contributed by atoms with Gasteiger partial charge in [0.15, 0.2) is 11.5 Å². The highest BCUT2D eigenvalue weighted by atomic mass is 35.5. The smallest absolute Gasteiger partial charge is 0.246 e. The third kappa shape index (κ3) is 1.90. The van der Waals surface area contributed by atoms with Gasteiger partial charge in [0.05, 0.1) is 0 Å². The molecule has 1 heterocycles. The second kappa shape index (κ2) is 3.29. The van der Waals surface area contributed by atoms with Crippen molar-refractivity contribution in [1.29, 1.82) is 0 Å². The predicted molar refractivity (Wildman–Crippen MR) is 59.4 cm³/mol. The largest absolute Gasteiger partial charge is 0.449 e. The van der Waals surface area contributed by atoms with Crippen LogP contribution in [0.15, 0.2) is 12.1 Å². The van der Waals surface area contributed by atoms with Crippen LogP contribution in [0.3, 0.4) is 0 Å². The molecule has 1 aromatic rings. The average molecular weight is 228 g/mol. The van der Waals surface area contributed by atoms with Gasteiger partial charge in [0.1, 0.15) is 0 Å².